The van der Waals surface area contributed by atoms with Crippen LogP contribution in [0.3, 0.4) is 0 Å². The van der Waals surface area contributed by atoms with Crippen LogP contribution in [0.15, 0.2) is 12.1 Å². The second kappa shape index (κ2) is 3.70. The van der Waals surface area contributed by atoms with Crippen molar-refractivity contribution in [3.05, 3.63) is 29.3 Å². The van der Waals surface area contributed by atoms with Crippen molar-refractivity contribution in [2.24, 2.45) is 0 Å². The van der Waals surface area contributed by atoms with Gasteiger partial charge in [-0.1, -0.05) is 0 Å². The lowest BCUT2D eigenvalue weighted by Crippen LogP contribution is -2.00. The van der Waals surface area contributed by atoms with E-state index in [1.165, 1.54) is 0 Å². The van der Waals surface area contributed by atoms with Crippen LogP contribution in [0.25, 0.3) is 0 Å². The third kappa shape index (κ3) is 2.81. The van der Waals surface area contributed by atoms with Crippen molar-refractivity contribution in [3.63, 3.8) is 0 Å². The summed E-state index contributed by atoms with van der Waals surface area (Å²) in [5.74, 6) is -2.98. The summed E-state index contributed by atoms with van der Waals surface area (Å²) in [6.45, 7) is 0. The standard InChI is InChI=1S/C7H6ClF2NO2S/c8-14(12,13)3-4-1-5(9)7(10)6(11)2-4/h1-2H,3,11H2. The van der Waals surface area contributed by atoms with Gasteiger partial charge in [0.2, 0.25) is 9.05 Å². The molecule has 0 heterocycles. The van der Waals surface area contributed by atoms with E-state index in [0.29, 0.717) is 0 Å². The van der Waals surface area contributed by atoms with Crippen LogP contribution >= 0.6 is 10.7 Å². The number of halogens is 3. The van der Waals surface area contributed by atoms with Crippen LogP contribution in [0, 0.1) is 11.6 Å². The van der Waals surface area contributed by atoms with E-state index in [4.69, 9.17) is 16.4 Å². The molecule has 0 fully saturated rings. The Morgan fingerprint density at radius 1 is 1.36 bits per heavy atom. The molecule has 3 nitrogen and oxygen atoms in total. The Labute approximate surface area is 83.9 Å². The first-order chi connectivity index (χ1) is 6.29. The molecule has 14 heavy (non-hydrogen) atoms. The highest BCUT2D eigenvalue weighted by molar-refractivity contribution is 8.13. The van der Waals surface area contributed by atoms with Gasteiger partial charge in [-0.05, 0) is 17.7 Å². The molecule has 0 saturated carbocycles. The zero-order chi connectivity index (χ0) is 10.9. The minimum atomic E-state index is -3.80. The summed E-state index contributed by atoms with van der Waals surface area (Å²) in [7, 11) is 1.13. The predicted molar refractivity (Wildman–Crippen MR) is 49.2 cm³/mol. The fourth-order valence-corrected chi connectivity index (χ4v) is 1.89. The maximum atomic E-state index is 12.7. The van der Waals surface area contributed by atoms with E-state index in [1.807, 2.05) is 0 Å². The summed E-state index contributed by atoms with van der Waals surface area (Å²) in [5.41, 5.74) is 4.65. The summed E-state index contributed by atoms with van der Waals surface area (Å²) < 4.78 is 46.6. The van der Waals surface area contributed by atoms with E-state index >= 15 is 0 Å². The van der Waals surface area contributed by atoms with Gasteiger partial charge in [-0.25, -0.2) is 17.2 Å². The first-order valence-electron chi connectivity index (χ1n) is 3.45. The van der Waals surface area contributed by atoms with Gasteiger partial charge in [-0.3, -0.25) is 0 Å². The van der Waals surface area contributed by atoms with Gasteiger partial charge in [0.25, 0.3) is 0 Å². The Morgan fingerprint density at radius 2 is 1.93 bits per heavy atom. The van der Waals surface area contributed by atoms with Gasteiger partial charge >= 0.3 is 0 Å². The van der Waals surface area contributed by atoms with Crippen molar-refractivity contribution in [1.82, 2.24) is 0 Å². The maximum absolute atomic E-state index is 12.7. The highest BCUT2D eigenvalue weighted by Crippen LogP contribution is 2.19. The van der Waals surface area contributed by atoms with Gasteiger partial charge in [0.05, 0.1) is 11.4 Å². The van der Waals surface area contributed by atoms with Crippen molar-refractivity contribution >= 4 is 25.4 Å². The quantitative estimate of drug-likeness (QED) is 0.632. The van der Waals surface area contributed by atoms with Crippen molar-refractivity contribution < 1.29 is 17.2 Å². The molecule has 0 atom stereocenters. The van der Waals surface area contributed by atoms with Crippen LogP contribution in [-0.4, -0.2) is 8.42 Å². The topological polar surface area (TPSA) is 60.2 Å². The van der Waals surface area contributed by atoms with Gasteiger partial charge in [-0.2, -0.15) is 0 Å². The number of hydrogen-bond donors (Lipinski definition) is 1. The lowest BCUT2D eigenvalue weighted by molar-refractivity contribution is 0.511. The third-order valence-corrected chi connectivity index (χ3v) is 2.46. The monoisotopic (exact) mass is 241 g/mol. The molecule has 0 radical (unpaired) electrons. The minimum absolute atomic E-state index is 0.0106. The molecule has 0 unspecified atom stereocenters. The Hall–Kier alpha value is -0.880. The highest BCUT2D eigenvalue weighted by atomic mass is 35.7. The second-order valence-electron chi connectivity index (χ2n) is 2.66. The molecule has 0 saturated heterocycles. The molecular formula is C7H6ClF2NO2S. The summed E-state index contributed by atoms with van der Waals surface area (Å²) in [4.78, 5) is 0. The van der Waals surface area contributed by atoms with Crippen LogP contribution in [-0.2, 0) is 14.8 Å². The van der Waals surface area contributed by atoms with Gasteiger partial charge in [0, 0.05) is 10.7 Å². The van der Waals surface area contributed by atoms with E-state index in [2.05, 4.69) is 0 Å². The summed E-state index contributed by atoms with van der Waals surface area (Å²) in [5, 5.41) is 0. The van der Waals surface area contributed by atoms with Crippen LogP contribution in [0.5, 0.6) is 0 Å². The lowest BCUT2D eigenvalue weighted by Gasteiger charge is -2.02. The Kier molecular flexibility index (Phi) is 2.96. The molecule has 0 aliphatic rings. The number of rotatable bonds is 2. The van der Waals surface area contributed by atoms with Gasteiger partial charge in [0.1, 0.15) is 0 Å². The summed E-state index contributed by atoms with van der Waals surface area (Å²) >= 11 is 0. The van der Waals surface area contributed by atoms with E-state index < -0.39 is 32.1 Å². The van der Waals surface area contributed by atoms with Crippen molar-refractivity contribution in [2.45, 2.75) is 5.75 Å². The molecule has 0 aliphatic heterocycles. The number of anilines is 1. The Morgan fingerprint density at radius 3 is 2.36 bits per heavy atom. The van der Waals surface area contributed by atoms with E-state index in [0.717, 1.165) is 12.1 Å². The average Bonchev–Trinajstić information content (AvgIpc) is 1.96. The highest BCUT2D eigenvalue weighted by Gasteiger charge is 2.12. The van der Waals surface area contributed by atoms with Crippen LogP contribution in [0.4, 0.5) is 14.5 Å². The zero-order valence-corrected chi connectivity index (χ0v) is 8.37. The van der Waals surface area contributed by atoms with E-state index in [-0.39, 0.29) is 5.56 Å². The van der Waals surface area contributed by atoms with Gasteiger partial charge in [0.15, 0.2) is 11.6 Å². The molecule has 0 aromatic heterocycles. The molecule has 0 amide bonds. The van der Waals surface area contributed by atoms with Gasteiger partial charge < -0.3 is 5.73 Å². The smallest absolute Gasteiger partial charge is 0.236 e. The Bertz CT molecular complexity index is 438. The molecule has 78 valence electrons. The average molecular weight is 242 g/mol. The molecule has 7 heteroatoms. The van der Waals surface area contributed by atoms with Crippen LogP contribution in [0.2, 0.25) is 0 Å². The molecule has 0 spiro atoms. The first kappa shape index (κ1) is 11.2. The van der Waals surface area contributed by atoms with Crippen LogP contribution < -0.4 is 5.73 Å². The van der Waals surface area contributed by atoms with Crippen molar-refractivity contribution in [2.75, 3.05) is 5.73 Å². The summed E-state index contributed by atoms with van der Waals surface area (Å²) in [6.07, 6.45) is 0. The normalized spacial score (nSPS) is 11.6. The minimum Gasteiger partial charge on any atom is -0.396 e. The second-order valence-corrected chi connectivity index (χ2v) is 5.44. The molecule has 2 N–H and O–H groups in total. The summed E-state index contributed by atoms with van der Waals surface area (Å²) in [6, 6.07) is 1.77. The predicted octanol–water partition coefficient (Wildman–Crippen LogP) is 1.62. The molecule has 1 aromatic rings. The van der Waals surface area contributed by atoms with Crippen molar-refractivity contribution in [1.29, 1.82) is 0 Å². The van der Waals surface area contributed by atoms with E-state index in [1.54, 1.807) is 0 Å². The number of hydrogen-bond acceptors (Lipinski definition) is 3. The molecular weight excluding hydrogens is 236 g/mol. The lowest BCUT2D eigenvalue weighted by atomic mass is 10.2. The fourth-order valence-electron chi connectivity index (χ4n) is 0.951. The maximum Gasteiger partial charge on any atom is 0.236 e. The van der Waals surface area contributed by atoms with E-state index in [9.17, 15) is 17.2 Å². The Balaban J connectivity index is 3.14. The van der Waals surface area contributed by atoms with Gasteiger partial charge in [-0.15, -0.1) is 0 Å². The number of nitrogen functional groups attached to an aromatic ring is 1. The first-order valence-corrected chi connectivity index (χ1v) is 5.93. The number of benzene rings is 1. The zero-order valence-electron chi connectivity index (χ0n) is 6.80. The molecule has 1 rings (SSSR count). The molecule has 1 aromatic carbocycles. The van der Waals surface area contributed by atoms with Crippen LogP contribution in [0.1, 0.15) is 5.56 Å². The number of nitrogens with two attached hydrogens (primary N) is 1. The fraction of sp³-hybridized carbons (Fsp3) is 0.143. The van der Waals surface area contributed by atoms with Crippen molar-refractivity contribution in [3.8, 4) is 0 Å². The third-order valence-electron chi connectivity index (χ3n) is 1.46. The largest absolute Gasteiger partial charge is 0.396 e. The SMILES string of the molecule is Nc1cc(CS(=O)(=O)Cl)cc(F)c1F. The molecule has 0 bridgehead atoms. The molecule has 0 aliphatic carbocycles.